The minimum atomic E-state index is -1.91. The monoisotopic (exact) mass is 1560 g/mol. The van der Waals surface area contributed by atoms with E-state index in [1.54, 1.807) is 74.6 Å². The summed E-state index contributed by atoms with van der Waals surface area (Å²) in [6.07, 6.45) is 3.46. The number of hydrogen-bond acceptors (Lipinski definition) is 21. The average Bonchev–Trinajstić information content (AvgIpc) is 1.62. The van der Waals surface area contributed by atoms with E-state index in [1.165, 1.54) is 68.4 Å². The molecule has 38 heteroatoms. The van der Waals surface area contributed by atoms with Gasteiger partial charge in [-0.3, -0.25) is 62.3 Å². The second-order valence-corrected chi connectivity index (χ2v) is 29.4. The molecule has 0 spiro atoms. The Morgan fingerprint density at radius 3 is 1.49 bits per heavy atom. The van der Waals surface area contributed by atoms with Crippen molar-refractivity contribution >= 4 is 115 Å². The number of nitrogens with two attached hydrogens (primary N) is 1. The Morgan fingerprint density at radius 1 is 0.491 bits per heavy atom. The molecule has 2 bridgehead atoms. The zero-order valence-corrected chi connectivity index (χ0v) is 61.9. The SMILES string of the molecule is CC(C)[C@@H]1NC(=O)[C@@H](N)CSSC[C@@H](C(=O)O)NC(=O)[C@H]([C@@H](C)O)NC(=O)[C@H](Cc2c[nH]c3ccccc23)NC(=O)[C@@H]2C/C=C/C[C@H](NC(=O)[C@H](Cc3ccc(O)cc3)NC(=O)[C@H](C)NC1=O)C(=O)N[C@@H](Cc1ccccc1)C(=O)N[C@@H](CCC(=O)O)C(=O)N[C@@H](Cc1cnc[nH]1)C(=O)N[C@@H](Cc1cnc[nH]1)C(=O)N2. The van der Waals surface area contributed by atoms with Crippen LogP contribution in [0.1, 0.15) is 81.5 Å². The fourth-order valence-corrected chi connectivity index (χ4v) is 14.0. The Bertz CT molecular complexity index is 4260. The van der Waals surface area contributed by atoms with Crippen molar-refractivity contribution in [2.24, 2.45) is 11.7 Å². The van der Waals surface area contributed by atoms with E-state index < -0.39 is 199 Å². The number of fused-ring (bicyclic) bond motifs is 5. The van der Waals surface area contributed by atoms with Crippen LogP contribution in [0.25, 0.3) is 10.9 Å². The van der Waals surface area contributed by atoms with Crippen LogP contribution in [0.15, 0.2) is 122 Å². The highest BCUT2D eigenvalue weighted by Gasteiger charge is 2.39. The van der Waals surface area contributed by atoms with Gasteiger partial charge >= 0.3 is 11.9 Å². The van der Waals surface area contributed by atoms with E-state index in [1.807, 2.05) is 0 Å². The summed E-state index contributed by atoms with van der Waals surface area (Å²) in [4.78, 5) is 219. The lowest BCUT2D eigenvalue weighted by Crippen LogP contribution is -2.62. The number of carboxylic acid groups (broad SMARTS) is 2. The van der Waals surface area contributed by atoms with E-state index in [0.29, 0.717) is 27.6 Å². The van der Waals surface area contributed by atoms with Crippen molar-refractivity contribution < 1.29 is 87.5 Å². The predicted octanol–water partition coefficient (Wildman–Crippen LogP) is -2.27. The molecule has 14 atom stereocenters. The Balaban J connectivity index is 1.27. The highest BCUT2D eigenvalue weighted by Crippen LogP contribution is 2.24. The van der Waals surface area contributed by atoms with Crippen molar-refractivity contribution in [3.63, 3.8) is 0 Å². The largest absolute Gasteiger partial charge is 0.508 e. The van der Waals surface area contributed by atoms with Crippen LogP contribution in [0.2, 0.25) is 0 Å². The van der Waals surface area contributed by atoms with Gasteiger partial charge in [0, 0.05) is 90.9 Å². The van der Waals surface area contributed by atoms with E-state index in [4.69, 9.17) is 5.73 Å². The van der Waals surface area contributed by atoms with E-state index in [0.717, 1.165) is 28.5 Å². The number of nitrogens with one attached hydrogen (secondary N) is 15. The summed E-state index contributed by atoms with van der Waals surface area (Å²) in [6.45, 7) is 5.61. The molecule has 6 aromatic rings. The minimum Gasteiger partial charge on any atom is -0.508 e. The van der Waals surface area contributed by atoms with Crippen LogP contribution in [0.5, 0.6) is 5.75 Å². The number of carbonyl (C=O) groups is 14. The summed E-state index contributed by atoms with van der Waals surface area (Å²) in [5, 5.41) is 73.3. The number of aliphatic carboxylic acids is 2. The maximum absolute atomic E-state index is 15.5. The number of amides is 12. The molecule has 0 unspecified atom stereocenters. The molecule has 2 aliphatic heterocycles. The zero-order valence-electron chi connectivity index (χ0n) is 60.3. The molecule has 3 aromatic carbocycles. The van der Waals surface area contributed by atoms with E-state index >= 15 is 24.0 Å². The summed E-state index contributed by atoms with van der Waals surface area (Å²) < 4.78 is 0. The number of carbonyl (C=O) groups excluding carboxylic acids is 12. The number of imidazole rings is 2. The van der Waals surface area contributed by atoms with Gasteiger partial charge in [-0.25, -0.2) is 14.8 Å². The van der Waals surface area contributed by atoms with Crippen molar-refractivity contribution in [2.45, 2.75) is 170 Å². The molecule has 12 amide bonds. The number of phenols is 1. The quantitative estimate of drug-likeness (QED) is 0.0359. The summed E-state index contributed by atoms with van der Waals surface area (Å²) in [5.41, 5.74) is 8.62. The topological polar surface area (TPSA) is 563 Å². The maximum Gasteiger partial charge on any atom is 0.327 e. The number of nitrogens with zero attached hydrogens (tertiary/aromatic N) is 2. The summed E-state index contributed by atoms with van der Waals surface area (Å²) >= 11 is 0. The molecule has 8 rings (SSSR count). The van der Waals surface area contributed by atoms with Crippen LogP contribution in [0.4, 0.5) is 0 Å². The number of aromatic amines is 3. The summed E-state index contributed by atoms with van der Waals surface area (Å²) in [7, 11) is 1.82. The van der Waals surface area contributed by atoms with Gasteiger partial charge in [0.1, 0.15) is 78.3 Å². The molecule has 0 saturated heterocycles. The lowest BCUT2D eigenvalue weighted by molar-refractivity contribution is -0.142. The molecule has 2 aliphatic rings. The molecule has 0 fully saturated rings. The van der Waals surface area contributed by atoms with Crippen LogP contribution < -0.4 is 69.5 Å². The van der Waals surface area contributed by atoms with Gasteiger partial charge in [0.2, 0.25) is 70.9 Å². The number of benzene rings is 3. The Kier molecular flexibility index (Phi) is 30.9. The molecule has 110 heavy (non-hydrogen) atoms. The van der Waals surface area contributed by atoms with Crippen molar-refractivity contribution in [1.29, 1.82) is 0 Å². The average molecular weight is 1560 g/mol. The van der Waals surface area contributed by atoms with Crippen LogP contribution in [-0.2, 0) is 99.2 Å². The molecular weight excluding hydrogens is 1470 g/mol. The molecule has 588 valence electrons. The second kappa shape index (κ2) is 40.5. The molecule has 5 heterocycles. The molecule has 0 aliphatic carbocycles. The number of aromatic nitrogens is 5. The standard InChI is InChI=1S/C72H90N18O18S2/c1-36(2)58-70(105)79-37(3)60(95)83-51(25-40-18-20-44(92)21-19-40)65(100)80-48-16-10-11-17-49(63(98)85-53(26-41-29-76-47-15-9-8-14-45(41)47)69(104)90-59(38(4)91)71(106)88-56(72(107)108)33-110-109-32-46(73)61(96)89-58)81-67(102)54(27-42-30-74-34-77-42)87-68(103)55(28-43-31-75-35-78-43)86-64(99)50(22-23-57(93)94)82-66(101)52(84-62(48)97)24-39-12-6-5-7-13-39/h5-15,18-21,29-31,34-38,46,48-56,58-59,76,91-92H,16-17,22-28,32-33,73H2,1-4H3,(H,74,77)(H,75,78)(H,79,105)(H,80,100)(H,81,102)(H,82,101)(H,83,95)(H,84,97)(H,85,98)(H,86,99)(H,87,103)(H,88,106)(H,89,96)(H,90,104)(H,93,94)(H,107,108)/b11-10+/t37-,38+,46-,48-,49-,50-,51-,52-,53-,54-,55-,56-,58-,59-/m0/s1. The molecule has 21 N–H and O–H groups in total. The first-order valence-corrected chi connectivity index (χ1v) is 37.7. The van der Waals surface area contributed by atoms with Gasteiger partial charge in [0.15, 0.2) is 0 Å². The van der Waals surface area contributed by atoms with Crippen molar-refractivity contribution in [1.82, 2.24) is 88.7 Å². The first-order chi connectivity index (χ1) is 52.5. The van der Waals surface area contributed by atoms with Gasteiger partial charge in [-0.2, -0.15) is 0 Å². The number of hydrogen-bond donors (Lipinski definition) is 20. The van der Waals surface area contributed by atoms with E-state index in [-0.39, 0.29) is 60.7 Å². The van der Waals surface area contributed by atoms with E-state index in [2.05, 4.69) is 88.7 Å². The number of rotatable bonds is 16. The highest BCUT2D eigenvalue weighted by molar-refractivity contribution is 8.76. The number of aromatic hydroxyl groups is 1. The minimum absolute atomic E-state index is 0.161. The van der Waals surface area contributed by atoms with Crippen LogP contribution in [0, 0.1) is 5.92 Å². The number of para-hydroxylation sites is 1. The Hall–Kier alpha value is -11.6. The smallest absolute Gasteiger partial charge is 0.327 e. The third-order valence-corrected chi connectivity index (χ3v) is 20.4. The zero-order chi connectivity index (χ0) is 79.7. The van der Waals surface area contributed by atoms with Gasteiger partial charge in [0.05, 0.1) is 24.8 Å². The number of aliphatic hydroxyl groups is 1. The fraction of sp³-hybridized carbons (Fsp3) is 0.417. The van der Waals surface area contributed by atoms with Gasteiger partial charge < -0.3 is 105 Å². The lowest BCUT2D eigenvalue weighted by atomic mass is 10.0. The Labute approximate surface area is 638 Å². The predicted molar refractivity (Wildman–Crippen MR) is 400 cm³/mol. The highest BCUT2D eigenvalue weighted by atomic mass is 33.1. The third kappa shape index (κ3) is 25.0. The fourth-order valence-electron chi connectivity index (χ4n) is 11.8. The molecule has 0 radical (unpaired) electrons. The van der Waals surface area contributed by atoms with Crippen molar-refractivity contribution in [2.75, 3.05) is 11.5 Å². The summed E-state index contributed by atoms with van der Waals surface area (Å²) in [6, 6.07) is -0.891. The second-order valence-electron chi connectivity index (χ2n) is 26.8. The molecule has 3 aromatic heterocycles. The van der Waals surface area contributed by atoms with Crippen molar-refractivity contribution in [3.05, 3.63) is 150 Å². The number of aliphatic hydroxyl groups excluding tert-OH is 1. The molecular formula is C72H90N18O18S2. The first-order valence-electron chi connectivity index (χ1n) is 35.2. The van der Waals surface area contributed by atoms with Crippen LogP contribution >= 0.6 is 21.6 Å². The van der Waals surface area contributed by atoms with Gasteiger partial charge in [-0.15, -0.1) is 0 Å². The summed E-state index contributed by atoms with van der Waals surface area (Å²) in [5.74, 6) is -16.8. The third-order valence-electron chi connectivity index (χ3n) is 17.9. The normalized spacial score (nSPS) is 25.6. The molecule has 0 saturated carbocycles. The van der Waals surface area contributed by atoms with E-state index in [9.17, 15) is 63.6 Å². The Morgan fingerprint density at radius 2 is 0.955 bits per heavy atom. The van der Waals surface area contributed by atoms with Crippen LogP contribution in [-0.4, -0.2) is 224 Å². The van der Waals surface area contributed by atoms with Crippen molar-refractivity contribution in [3.8, 4) is 5.75 Å². The van der Waals surface area contributed by atoms with Crippen LogP contribution in [0.3, 0.4) is 0 Å². The number of carboxylic acids is 2. The number of H-pyrrole nitrogens is 3. The van der Waals surface area contributed by atoms with Gasteiger partial charge in [-0.05, 0) is 73.9 Å². The maximum atomic E-state index is 15.5. The lowest BCUT2D eigenvalue weighted by Gasteiger charge is -2.29. The van der Waals surface area contributed by atoms with Gasteiger partial charge in [0.25, 0.3) is 0 Å². The first kappa shape index (κ1) is 84.0. The number of phenolic OH excluding ortho intramolecular Hbond substituents is 1. The van der Waals surface area contributed by atoms with Gasteiger partial charge in [-0.1, -0.05) is 108 Å². The molecule has 36 nitrogen and oxygen atoms in total.